The van der Waals surface area contributed by atoms with Crippen molar-refractivity contribution in [1.29, 1.82) is 0 Å². The molecule has 1 nitrogen and oxygen atoms in total. The smallest absolute Gasteiger partial charge is 0.0604 e. The van der Waals surface area contributed by atoms with Crippen LogP contribution in [0.1, 0.15) is 17.9 Å². The topological polar surface area (TPSA) is 3.24 Å². The summed E-state index contributed by atoms with van der Waals surface area (Å²) in [4.78, 5) is 5.28. The Bertz CT molecular complexity index is 1960. The van der Waals surface area contributed by atoms with Crippen LogP contribution in [-0.4, -0.2) is 0 Å². The first-order valence-electron chi connectivity index (χ1n) is 14.5. The van der Waals surface area contributed by atoms with E-state index in [2.05, 4.69) is 163 Å². The molecule has 200 valence electrons. The number of benzene rings is 6. The average molecular weight is 556 g/mol. The standard InChI is InChI=1S/C40H29NS/c1-2-10-28(11-3-1)29-20-22-30(23-21-29)31-24-26-33(27-25-31)41(37-17-8-13-32-12-4-5-14-34(32)37)38-18-9-16-36-35-15-6-7-19-39(35)42-40(36)38/h1-14,16-27,35H,15H2. The van der Waals surface area contributed by atoms with Crippen LogP contribution in [-0.2, 0) is 0 Å². The lowest BCUT2D eigenvalue weighted by atomic mass is 9.92. The highest BCUT2D eigenvalue weighted by Crippen LogP contribution is 2.56. The molecular weight excluding hydrogens is 527 g/mol. The molecule has 8 rings (SSSR count). The van der Waals surface area contributed by atoms with Gasteiger partial charge in [-0.2, -0.15) is 0 Å². The molecule has 0 saturated heterocycles. The summed E-state index contributed by atoms with van der Waals surface area (Å²) >= 11 is 1.94. The molecule has 0 radical (unpaired) electrons. The Morgan fingerprint density at radius 3 is 1.95 bits per heavy atom. The van der Waals surface area contributed by atoms with Crippen molar-refractivity contribution >= 4 is 39.6 Å². The number of thioether (sulfide) groups is 1. The molecule has 1 heterocycles. The van der Waals surface area contributed by atoms with Gasteiger partial charge < -0.3 is 4.90 Å². The molecule has 0 aromatic heterocycles. The van der Waals surface area contributed by atoms with Crippen molar-refractivity contribution in [3.05, 3.63) is 168 Å². The molecule has 0 spiro atoms. The number of anilines is 3. The van der Waals surface area contributed by atoms with E-state index in [-0.39, 0.29) is 0 Å². The summed E-state index contributed by atoms with van der Waals surface area (Å²) in [6.45, 7) is 0. The molecule has 0 fully saturated rings. The third-order valence-electron chi connectivity index (χ3n) is 8.43. The lowest BCUT2D eigenvalue weighted by Crippen LogP contribution is -2.12. The Balaban J connectivity index is 1.23. The SMILES string of the molecule is C1=CCC2C(=C1)Sc1c2cccc1N(c1ccc(-c2ccc(-c3ccccc3)cc2)cc1)c1cccc2ccccc12. The van der Waals surface area contributed by atoms with Crippen LogP contribution < -0.4 is 4.90 Å². The Morgan fingerprint density at radius 1 is 0.548 bits per heavy atom. The van der Waals surface area contributed by atoms with Crippen molar-refractivity contribution in [3.8, 4) is 22.3 Å². The van der Waals surface area contributed by atoms with Crippen molar-refractivity contribution in [2.75, 3.05) is 4.90 Å². The normalized spacial score (nSPS) is 15.2. The molecule has 0 saturated carbocycles. The van der Waals surface area contributed by atoms with E-state index in [1.807, 2.05) is 11.8 Å². The number of hydrogen-bond acceptors (Lipinski definition) is 2. The zero-order chi connectivity index (χ0) is 27.9. The predicted molar refractivity (Wildman–Crippen MR) is 180 cm³/mol. The minimum absolute atomic E-state index is 0.463. The lowest BCUT2D eigenvalue weighted by molar-refractivity contribution is 0.837. The van der Waals surface area contributed by atoms with Gasteiger partial charge in [-0.05, 0) is 68.8 Å². The van der Waals surface area contributed by atoms with E-state index in [0.29, 0.717) is 5.92 Å². The largest absolute Gasteiger partial charge is 0.309 e. The van der Waals surface area contributed by atoms with Crippen LogP contribution in [0, 0.1) is 0 Å². The van der Waals surface area contributed by atoms with E-state index in [4.69, 9.17) is 0 Å². The number of rotatable bonds is 5. The van der Waals surface area contributed by atoms with Crippen molar-refractivity contribution in [1.82, 2.24) is 0 Å². The van der Waals surface area contributed by atoms with E-state index in [0.717, 1.165) is 12.1 Å². The van der Waals surface area contributed by atoms with Crippen molar-refractivity contribution in [3.63, 3.8) is 0 Å². The summed E-state index contributed by atoms with van der Waals surface area (Å²) in [5.74, 6) is 0.463. The van der Waals surface area contributed by atoms with Gasteiger partial charge in [0, 0.05) is 21.9 Å². The van der Waals surface area contributed by atoms with Gasteiger partial charge in [0.25, 0.3) is 0 Å². The second-order valence-corrected chi connectivity index (χ2v) is 12.0. The maximum absolute atomic E-state index is 2.46. The van der Waals surface area contributed by atoms with E-state index < -0.39 is 0 Å². The summed E-state index contributed by atoms with van der Waals surface area (Å²) in [7, 11) is 0. The fourth-order valence-corrected chi connectivity index (χ4v) is 7.66. The van der Waals surface area contributed by atoms with Crippen LogP contribution in [0.3, 0.4) is 0 Å². The minimum Gasteiger partial charge on any atom is -0.309 e. The molecule has 0 amide bonds. The summed E-state index contributed by atoms with van der Waals surface area (Å²) < 4.78 is 0. The van der Waals surface area contributed by atoms with E-state index in [9.17, 15) is 0 Å². The fraction of sp³-hybridized carbons (Fsp3) is 0.0500. The molecule has 0 bridgehead atoms. The Hall–Kier alpha value is -4.79. The second-order valence-electron chi connectivity index (χ2n) is 10.9. The van der Waals surface area contributed by atoms with Gasteiger partial charge in [-0.15, -0.1) is 0 Å². The average Bonchev–Trinajstić information content (AvgIpc) is 3.45. The van der Waals surface area contributed by atoms with Gasteiger partial charge in [0.1, 0.15) is 0 Å². The molecule has 1 aliphatic carbocycles. The molecule has 1 unspecified atom stereocenters. The summed E-state index contributed by atoms with van der Waals surface area (Å²) in [5.41, 5.74) is 9.95. The highest BCUT2D eigenvalue weighted by atomic mass is 32.2. The van der Waals surface area contributed by atoms with Crippen molar-refractivity contribution in [2.45, 2.75) is 17.2 Å². The maximum Gasteiger partial charge on any atom is 0.0604 e. The number of allylic oxidation sites excluding steroid dienone is 4. The minimum atomic E-state index is 0.463. The van der Waals surface area contributed by atoms with E-state index in [1.54, 1.807) is 0 Å². The van der Waals surface area contributed by atoms with Gasteiger partial charge in [0.2, 0.25) is 0 Å². The Labute approximate surface area is 251 Å². The van der Waals surface area contributed by atoms with E-state index in [1.165, 1.54) is 59.8 Å². The molecule has 6 aromatic rings. The zero-order valence-corrected chi connectivity index (χ0v) is 24.0. The first-order valence-corrected chi connectivity index (χ1v) is 15.4. The van der Waals surface area contributed by atoms with Gasteiger partial charge in [-0.1, -0.05) is 145 Å². The van der Waals surface area contributed by atoms with Crippen molar-refractivity contribution in [2.24, 2.45) is 0 Å². The number of nitrogens with zero attached hydrogens (tertiary/aromatic N) is 1. The number of fused-ring (bicyclic) bond motifs is 4. The third-order valence-corrected chi connectivity index (χ3v) is 9.74. The number of hydrogen-bond donors (Lipinski definition) is 0. The molecule has 2 heteroatoms. The first kappa shape index (κ1) is 25.0. The van der Waals surface area contributed by atoms with Crippen LogP contribution in [0.5, 0.6) is 0 Å². The second kappa shape index (κ2) is 10.6. The summed E-state index contributed by atoms with van der Waals surface area (Å²) in [6, 6.07) is 50.7. The summed E-state index contributed by atoms with van der Waals surface area (Å²) in [5, 5.41) is 2.50. The lowest BCUT2D eigenvalue weighted by Gasteiger charge is -2.29. The Morgan fingerprint density at radius 2 is 1.17 bits per heavy atom. The van der Waals surface area contributed by atoms with Gasteiger partial charge in [-0.25, -0.2) is 0 Å². The maximum atomic E-state index is 2.46. The molecule has 1 atom stereocenters. The first-order chi connectivity index (χ1) is 20.8. The van der Waals surface area contributed by atoms with Gasteiger partial charge >= 0.3 is 0 Å². The molecule has 0 N–H and O–H groups in total. The van der Waals surface area contributed by atoms with Gasteiger partial charge in [0.15, 0.2) is 0 Å². The van der Waals surface area contributed by atoms with Crippen LogP contribution >= 0.6 is 11.8 Å². The van der Waals surface area contributed by atoms with Crippen LogP contribution in [0.15, 0.2) is 168 Å². The van der Waals surface area contributed by atoms with E-state index >= 15 is 0 Å². The monoisotopic (exact) mass is 555 g/mol. The van der Waals surface area contributed by atoms with Crippen LogP contribution in [0.4, 0.5) is 17.1 Å². The highest BCUT2D eigenvalue weighted by molar-refractivity contribution is 8.03. The highest BCUT2D eigenvalue weighted by Gasteiger charge is 2.32. The zero-order valence-electron chi connectivity index (χ0n) is 23.2. The van der Waals surface area contributed by atoms with Gasteiger partial charge in [-0.3, -0.25) is 0 Å². The molecule has 6 aromatic carbocycles. The molecule has 2 aliphatic rings. The summed E-state index contributed by atoms with van der Waals surface area (Å²) in [6.07, 6.45) is 7.87. The van der Waals surface area contributed by atoms with Gasteiger partial charge in [0.05, 0.1) is 11.4 Å². The predicted octanol–water partition coefficient (Wildman–Crippen LogP) is 11.7. The molecular formula is C40H29NS. The van der Waals surface area contributed by atoms with Crippen LogP contribution in [0.2, 0.25) is 0 Å². The quantitative estimate of drug-likeness (QED) is 0.208. The van der Waals surface area contributed by atoms with Crippen LogP contribution in [0.25, 0.3) is 33.0 Å². The Kier molecular flexibility index (Phi) is 6.27. The fourth-order valence-electron chi connectivity index (χ4n) is 6.32. The molecule has 42 heavy (non-hydrogen) atoms. The molecule has 1 aliphatic heterocycles. The third kappa shape index (κ3) is 4.36. The van der Waals surface area contributed by atoms with Crippen molar-refractivity contribution < 1.29 is 0 Å².